The lowest BCUT2D eigenvalue weighted by Gasteiger charge is -2.42. The molecule has 1 aromatic heterocycles. The van der Waals surface area contributed by atoms with Crippen LogP contribution in [0.3, 0.4) is 0 Å². The second-order valence-electron chi connectivity index (χ2n) is 7.74. The van der Waals surface area contributed by atoms with Gasteiger partial charge in [0.1, 0.15) is 11.5 Å². The second-order valence-corrected chi connectivity index (χ2v) is 7.74. The number of aromatic nitrogens is 3. The Bertz CT molecular complexity index is 748. The van der Waals surface area contributed by atoms with Gasteiger partial charge in [-0.1, -0.05) is 17.3 Å². The maximum atomic E-state index is 14.0. The van der Waals surface area contributed by atoms with Crippen molar-refractivity contribution in [2.75, 3.05) is 31.1 Å². The maximum absolute atomic E-state index is 14.0. The summed E-state index contributed by atoms with van der Waals surface area (Å²) in [5, 5.41) is 17.9. The van der Waals surface area contributed by atoms with Crippen LogP contribution < -0.4 is 4.90 Å². The number of para-hydroxylation sites is 1. The molecule has 0 spiro atoms. The van der Waals surface area contributed by atoms with Crippen LogP contribution in [0.5, 0.6) is 0 Å². The lowest BCUT2D eigenvalue weighted by Crippen LogP contribution is -2.48. The molecule has 2 saturated heterocycles. The Kier molecular flexibility index (Phi) is 5.41. The summed E-state index contributed by atoms with van der Waals surface area (Å²) in [6.45, 7) is 5.64. The van der Waals surface area contributed by atoms with Crippen molar-refractivity contribution in [2.24, 2.45) is 0 Å². The molecule has 1 aromatic carbocycles. The molecule has 2 fully saturated rings. The summed E-state index contributed by atoms with van der Waals surface area (Å²) in [5.41, 5.74) is 1.37. The first kappa shape index (κ1) is 18.4. The number of aliphatic hydroxyl groups is 1. The zero-order chi connectivity index (χ0) is 18.8. The SMILES string of the molecule is CC(O)c1cn(C2CCN(C3CCN(c4ccccc4F)CC3)CC2)nn1. The van der Waals surface area contributed by atoms with Crippen molar-refractivity contribution in [3.63, 3.8) is 0 Å². The topological polar surface area (TPSA) is 57.4 Å². The summed E-state index contributed by atoms with van der Waals surface area (Å²) in [6.07, 6.45) is 5.56. The molecule has 4 rings (SSSR count). The number of hydrogen-bond donors (Lipinski definition) is 1. The molecule has 1 atom stereocenters. The largest absolute Gasteiger partial charge is 0.387 e. The normalized spacial score (nSPS) is 21.5. The molecule has 1 N–H and O–H groups in total. The lowest BCUT2D eigenvalue weighted by molar-refractivity contribution is 0.113. The standard InChI is InChI=1S/C20H28FN5O/c1-15(27)19-14-26(23-22-19)17-8-10-24(11-9-17)16-6-12-25(13-7-16)20-5-3-2-4-18(20)21/h2-5,14-17,27H,6-13H2,1H3. The maximum Gasteiger partial charge on any atom is 0.146 e. The van der Waals surface area contributed by atoms with E-state index in [2.05, 4.69) is 20.1 Å². The third-order valence-corrected chi connectivity index (χ3v) is 6.00. The van der Waals surface area contributed by atoms with Gasteiger partial charge in [0.25, 0.3) is 0 Å². The summed E-state index contributed by atoms with van der Waals surface area (Å²) in [6, 6.07) is 8.01. The summed E-state index contributed by atoms with van der Waals surface area (Å²) in [7, 11) is 0. The lowest BCUT2D eigenvalue weighted by atomic mass is 9.97. The molecule has 0 amide bonds. The highest BCUT2D eigenvalue weighted by Crippen LogP contribution is 2.29. The molecular formula is C20H28FN5O. The predicted octanol–water partition coefficient (Wildman–Crippen LogP) is 2.78. The molecule has 6 nitrogen and oxygen atoms in total. The van der Waals surface area contributed by atoms with Gasteiger partial charge in [0.15, 0.2) is 0 Å². The smallest absolute Gasteiger partial charge is 0.146 e. The van der Waals surface area contributed by atoms with E-state index in [4.69, 9.17) is 0 Å². The summed E-state index contributed by atoms with van der Waals surface area (Å²) < 4.78 is 15.9. The molecule has 146 valence electrons. The van der Waals surface area contributed by atoms with Crippen LogP contribution in [0.15, 0.2) is 30.5 Å². The fraction of sp³-hybridized carbons (Fsp3) is 0.600. The highest BCUT2D eigenvalue weighted by atomic mass is 19.1. The number of likely N-dealkylation sites (tertiary alicyclic amines) is 1. The highest BCUT2D eigenvalue weighted by molar-refractivity contribution is 5.47. The van der Waals surface area contributed by atoms with Gasteiger partial charge in [0.05, 0.1) is 24.0 Å². The van der Waals surface area contributed by atoms with Crippen LogP contribution in [-0.2, 0) is 0 Å². The minimum atomic E-state index is -0.571. The minimum Gasteiger partial charge on any atom is -0.387 e. The van der Waals surface area contributed by atoms with Crippen molar-refractivity contribution in [1.29, 1.82) is 0 Å². The number of nitrogens with zero attached hydrogens (tertiary/aromatic N) is 5. The Morgan fingerprint density at radius 3 is 2.33 bits per heavy atom. The zero-order valence-electron chi connectivity index (χ0n) is 15.8. The number of benzene rings is 1. The Labute approximate surface area is 159 Å². The van der Waals surface area contributed by atoms with Crippen molar-refractivity contribution >= 4 is 5.69 Å². The van der Waals surface area contributed by atoms with Crippen molar-refractivity contribution in [2.45, 2.75) is 50.8 Å². The Morgan fingerprint density at radius 2 is 1.70 bits per heavy atom. The number of aliphatic hydroxyl groups excluding tert-OH is 1. The summed E-state index contributed by atoms with van der Waals surface area (Å²) in [5.74, 6) is -0.124. The van der Waals surface area contributed by atoms with Crippen LogP contribution in [0.4, 0.5) is 10.1 Å². The zero-order valence-corrected chi connectivity index (χ0v) is 15.8. The summed E-state index contributed by atoms with van der Waals surface area (Å²) >= 11 is 0. The van der Waals surface area contributed by atoms with Crippen LogP contribution in [0.2, 0.25) is 0 Å². The highest BCUT2D eigenvalue weighted by Gasteiger charge is 2.29. The van der Waals surface area contributed by atoms with Gasteiger partial charge >= 0.3 is 0 Å². The van der Waals surface area contributed by atoms with Gasteiger partial charge in [0.2, 0.25) is 0 Å². The first-order valence-electron chi connectivity index (χ1n) is 9.95. The van der Waals surface area contributed by atoms with Gasteiger partial charge in [-0.3, -0.25) is 0 Å². The van der Waals surface area contributed by atoms with Crippen LogP contribution in [-0.4, -0.2) is 57.2 Å². The quantitative estimate of drug-likeness (QED) is 0.893. The van der Waals surface area contributed by atoms with E-state index >= 15 is 0 Å². The van der Waals surface area contributed by atoms with E-state index in [0.29, 0.717) is 17.8 Å². The molecule has 3 heterocycles. The van der Waals surface area contributed by atoms with Crippen molar-refractivity contribution in [3.05, 3.63) is 42.0 Å². The number of halogens is 1. The van der Waals surface area contributed by atoms with Crippen molar-refractivity contribution < 1.29 is 9.50 Å². The Hall–Kier alpha value is -1.99. The van der Waals surface area contributed by atoms with Gasteiger partial charge in [-0.15, -0.1) is 5.10 Å². The third kappa shape index (κ3) is 3.99. The van der Waals surface area contributed by atoms with Crippen LogP contribution in [0.1, 0.15) is 50.4 Å². The molecule has 27 heavy (non-hydrogen) atoms. The van der Waals surface area contributed by atoms with Crippen molar-refractivity contribution in [1.82, 2.24) is 19.9 Å². The van der Waals surface area contributed by atoms with E-state index in [1.807, 2.05) is 23.0 Å². The van der Waals surface area contributed by atoms with E-state index in [1.165, 1.54) is 0 Å². The minimum absolute atomic E-state index is 0.124. The van der Waals surface area contributed by atoms with Gasteiger partial charge < -0.3 is 14.9 Å². The monoisotopic (exact) mass is 373 g/mol. The number of hydrogen-bond acceptors (Lipinski definition) is 5. The average molecular weight is 373 g/mol. The van der Waals surface area contributed by atoms with Crippen molar-refractivity contribution in [3.8, 4) is 0 Å². The Balaban J connectivity index is 1.29. The first-order chi connectivity index (χ1) is 13.1. The van der Waals surface area contributed by atoms with E-state index in [1.54, 1.807) is 19.1 Å². The number of anilines is 1. The van der Waals surface area contributed by atoms with E-state index in [9.17, 15) is 9.50 Å². The predicted molar refractivity (Wildman–Crippen MR) is 102 cm³/mol. The van der Waals surface area contributed by atoms with E-state index < -0.39 is 6.10 Å². The molecule has 0 bridgehead atoms. The van der Waals surface area contributed by atoms with Gasteiger partial charge in [-0.25, -0.2) is 9.07 Å². The molecule has 2 aromatic rings. The van der Waals surface area contributed by atoms with E-state index in [-0.39, 0.29) is 5.82 Å². The van der Waals surface area contributed by atoms with Crippen LogP contribution in [0, 0.1) is 5.82 Å². The molecule has 0 radical (unpaired) electrons. The van der Waals surface area contributed by atoms with Gasteiger partial charge in [-0.05, 0) is 44.7 Å². The third-order valence-electron chi connectivity index (χ3n) is 6.00. The molecule has 2 aliphatic heterocycles. The fourth-order valence-corrected chi connectivity index (χ4v) is 4.36. The number of rotatable bonds is 4. The van der Waals surface area contributed by atoms with Gasteiger partial charge in [-0.2, -0.15) is 0 Å². The molecule has 0 saturated carbocycles. The average Bonchev–Trinajstić information content (AvgIpc) is 3.19. The fourth-order valence-electron chi connectivity index (χ4n) is 4.36. The molecule has 2 aliphatic rings. The summed E-state index contributed by atoms with van der Waals surface area (Å²) in [4.78, 5) is 4.76. The number of piperidine rings is 2. The molecule has 7 heteroatoms. The Morgan fingerprint density at radius 1 is 1.04 bits per heavy atom. The van der Waals surface area contributed by atoms with E-state index in [0.717, 1.165) is 57.5 Å². The van der Waals surface area contributed by atoms with Crippen LogP contribution >= 0.6 is 0 Å². The molecule has 0 aliphatic carbocycles. The second kappa shape index (κ2) is 7.94. The molecular weight excluding hydrogens is 345 g/mol. The molecule has 1 unspecified atom stereocenters. The van der Waals surface area contributed by atoms with Gasteiger partial charge in [0, 0.05) is 32.2 Å². The first-order valence-corrected chi connectivity index (χ1v) is 9.95. The van der Waals surface area contributed by atoms with Crippen LogP contribution in [0.25, 0.3) is 0 Å².